The maximum Gasteiger partial charge on any atom is 0.178 e. The van der Waals surface area contributed by atoms with Crippen LogP contribution in [0.15, 0.2) is 36.4 Å². The maximum atomic E-state index is 10.0. The molecule has 3 rings (SSSR count). The Bertz CT molecular complexity index is 802. The molecule has 0 aliphatic rings. The first-order valence-electron chi connectivity index (χ1n) is 7.42. The summed E-state index contributed by atoms with van der Waals surface area (Å²) in [7, 11) is 0. The summed E-state index contributed by atoms with van der Waals surface area (Å²) in [5.74, 6) is 2.12. The Morgan fingerprint density at radius 1 is 1.22 bits per heavy atom. The molecule has 0 aliphatic carbocycles. The third-order valence-electron chi connectivity index (χ3n) is 3.37. The molecule has 7 heteroatoms. The highest BCUT2D eigenvalue weighted by atomic mass is 16.5. The molecule has 3 aromatic rings. The van der Waals surface area contributed by atoms with Gasteiger partial charge >= 0.3 is 0 Å². The molecule has 0 radical (unpaired) electrons. The Morgan fingerprint density at radius 3 is 2.91 bits per heavy atom. The number of rotatable bonds is 6. The number of ether oxygens (including phenoxy) is 1. The van der Waals surface area contributed by atoms with E-state index in [-0.39, 0.29) is 6.61 Å². The van der Waals surface area contributed by atoms with Crippen LogP contribution in [0.2, 0.25) is 0 Å². The summed E-state index contributed by atoms with van der Waals surface area (Å²) < 4.78 is 7.23. The van der Waals surface area contributed by atoms with Gasteiger partial charge in [-0.2, -0.15) is 4.52 Å². The molecule has 0 saturated heterocycles. The number of anilines is 1. The molecule has 1 atom stereocenters. The number of fused-ring (bicyclic) bond motifs is 1. The zero-order valence-corrected chi connectivity index (χ0v) is 13.1. The fourth-order valence-electron chi connectivity index (χ4n) is 2.17. The van der Waals surface area contributed by atoms with Crippen LogP contribution in [-0.4, -0.2) is 44.2 Å². The van der Waals surface area contributed by atoms with E-state index in [2.05, 4.69) is 20.6 Å². The second kappa shape index (κ2) is 6.62. The van der Waals surface area contributed by atoms with Gasteiger partial charge in [0.1, 0.15) is 24.3 Å². The average molecular weight is 313 g/mol. The first-order chi connectivity index (χ1) is 11.1. The SMILES string of the molecule is Cc1cccc(OCC(O)CNc2ccc3nnc(C)n3n2)c1. The molecular formula is C16H19N5O2. The standard InChI is InChI=1S/C16H19N5O2/c1-11-4-3-5-14(8-11)23-10-13(22)9-17-15-6-7-16-19-18-12(2)21(16)20-15/h3-8,13,22H,9-10H2,1-2H3,(H,17,20). The molecule has 2 N–H and O–H groups in total. The van der Waals surface area contributed by atoms with E-state index in [1.807, 2.05) is 44.2 Å². The Balaban J connectivity index is 1.53. The van der Waals surface area contributed by atoms with Crippen LogP contribution in [0.5, 0.6) is 5.75 Å². The van der Waals surface area contributed by atoms with Crippen molar-refractivity contribution in [3.8, 4) is 5.75 Å². The fourth-order valence-corrected chi connectivity index (χ4v) is 2.17. The molecule has 1 unspecified atom stereocenters. The van der Waals surface area contributed by atoms with E-state index in [1.165, 1.54) is 0 Å². The number of aryl methyl sites for hydroxylation is 2. The Kier molecular flexibility index (Phi) is 4.38. The monoisotopic (exact) mass is 313 g/mol. The van der Waals surface area contributed by atoms with Gasteiger partial charge in [0, 0.05) is 6.54 Å². The van der Waals surface area contributed by atoms with E-state index in [1.54, 1.807) is 10.6 Å². The van der Waals surface area contributed by atoms with Crippen LogP contribution < -0.4 is 10.1 Å². The molecule has 0 amide bonds. The molecule has 0 aliphatic heterocycles. The molecule has 0 spiro atoms. The molecule has 2 heterocycles. The third kappa shape index (κ3) is 3.75. The van der Waals surface area contributed by atoms with Gasteiger partial charge in [0.25, 0.3) is 0 Å². The highest BCUT2D eigenvalue weighted by molar-refractivity contribution is 5.43. The lowest BCUT2D eigenvalue weighted by Gasteiger charge is -2.14. The van der Waals surface area contributed by atoms with Crippen LogP contribution in [0.4, 0.5) is 5.82 Å². The van der Waals surface area contributed by atoms with Gasteiger partial charge in [-0.1, -0.05) is 12.1 Å². The summed E-state index contributed by atoms with van der Waals surface area (Å²) in [6.45, 7) is 4.39. The van der Waals surface area contributed by atoms with Gasteiger partial charge < -0.3 is 15.2 Å². The topological polar surface area (TPSA) is 84.6 Å². The fraction of sp³-hybridized carbons (Fsp3) is 0.312. The summed E-state index contributed by atoms with van der Waals surface area (Å²) >= 11 is 0. The molecule has 0 bridgehead atoms. The van der Waals surface area contributed by atoms with E-state index in [0.29, 0.717) is 23.8 Å². The number of hydrogen-bond donors (Lipinski definition) is 2. The van der Waals surface area contributed by atoms with E-state index < -0.39 is 6.10 Å². The van der Waals surface area contributed by atoms with E-state index in [4.69, 9.17) is 4.74 Å². The maximum absolute atomic E-state index is 10.0. The zero-order valence-electron chi connectivity index (χ0n) is 13.1. The van der Waals surface area contributed by atoms with Crippen molar-refractivity contribution in [2.24, 2.45) is 0 Å². The quantitative estimate of drug-likeness (QED) is 0.719. The number of benzene rings is 1. The Hall–Kier alpha value is -2.67. The minimum absolute atomic E-state index is 0.213. The molecule has 23 heavy (non-hydrogen) atoms. The third-order valence-corrected chi connectivity index (χ3v) is 3.37. The Morgan fingerprint density at radius 2 is 2.09 bits per heavy atom. The molecule has 2 aromatic heterocycles. The number of aromatic nitrogens is 4. The van der Waals surface area contributed by atoms with Crippen LogP contribution in [0.3, 0.4) is 0 Å². The molecule has 0 fully saturated rings. The van der Waals surface area contributed by atoms with Crippen LogP contribution in [0.1, 0.15) is 11.4 Å². The first kappa shape index (κ1) is 15.2. The molecule has 7 nitrogen and oxygen atoms in total. The van der Waals surface area contributed by atoms with Crippen LogP contribution >= 0.6 is 0 Å². The van der Waals surface area contributed by atoms with Crippen molar-refractivity contribution >= 4 is 11.5 Å². The second-order valence-corrected chi connectivity index (χ2v) is 5.40. The van der Waals surface area contributed by atoms with Crippen molar-refractivity contribution in [1.82, 2.24) is 19.8 Å². The molecule has 1 aromatic carbocycles. The molecular weight excluding hydrogens is 294 g/mol. The van der Waals surface area contributed by atoms with Gasteiger partial charge in [-0.3, -0.25) is 0 Å². The van der Waals surface area contributed by atoms with Gasteiger partial charge in [-0.15, -0.1) is 15.3 Å². The van der Waals surface area contributed by atoms with Crippen molar-refractivity contribution < 1.29 is 9.84 Å². The van der Waals surface area contributed by atoms with Crippen molar-refractivity contribution in [3.63, 3.8) is 0 Å². The van der Waals surface area contributed by atoms with Gasteiger partial charge in [0.2, 0.25) is 0 Å². The van der Waals surface area contributed by atoms with Gasteiger partial charge in [-0.25, -0.2) is 0 Å². The normalized spacial score (nSPS) is 12.3. The first-order valence-corrected chi connectivity index (χ1v) is 7.42. The largest absolute Gasteiger partial charge is 0.491 e. The highest BCUT2D eigenvalue weighted by Crippen LogP contribution is 2.12. The van der Waals surface area contributed by atoms with Crippen LogP contribution in [-0.2, 0) is 0 Å². The predicted molar refractivity (Wildman–Crippen MR) is 86.7 cm³/mol. The van der Waals surface area contributed by atoms with Crippen molar-refractivity contribution in [2.75, 3.05) is 18.5 Å². The smallest absolute Gasteiger partial charge is 0.178 e. The van der Waals surface area contributed by atoms with Crippen LogP contribution in [0.25, 0.3) is 5.65 Å². The summed E-state index contributed by atoms with van der Waals surface area (Å²) in [4.78, 5) is 0. The lowest BCUT2D eigenvalue weighted by atomic mass is 10.2. The minimum Gasteiger partial charge on any atom is -0.491 e. The number of hydrogen-bond acceptors (Lipinski definition) is 6. The highest BCUT2D eigenvalue weighted by Gasteiger charge is 2.08. The number of aliphatic hydroxyl groups is 1. The minimum atomic E-state index is -0.644. The summed E-state index contributed by atoms with van der Waals surface area (Å²) in [6, 6.07) is 11.4. The predicted octanol–water partition coefficient (Wildman–Crippen LogP) is 1.59. The van der Waals surface area contributed by atoms with Crippen LogP contribution in [0, 0.1) is 13.8 Å². The zero-order chi connectivity index (χ0) is 16.2. The average Bonchev–Trinajstić information content (AvgIpc) is 2.92. The number of nitrogens with zero attached hydrogens (tertiary/aromatic N) is 4. The number of aliphatic hydroxyl groups excluding tert-OH is 1. The van der Waals surface area contributed by atoms with Crippen molar-refractivity contribution in [2.45, 2.75) is 20.0 Å². The number of nitrogens with one attached hydrogen (secondary N) is 1. The van der Waals surface area contributed by atoms with Crippen molar-refractivity contribution in [3.05, 3.63) is 47.8 Å². The van der Waals surface area contributed by atoms with E-state index >= 15 is 0 Å². The van der Waals surface area contributed by atoms with Gasteiger partial charge in [0.15, 0.2) is 11.5 Å². The lowest BCUT2D eigenvalue weighted by Crippen LogP contribution is -2.26. The summed E-state index contributed by atoms with van der Waals surface area (Å²) in [5.41, 5.74) is 1.81. The summed E-state index contributed by atoms with van der Waals surface area (Å²) in [6.07, 6.45) is -0.644. The van der Waals surface area contributed by atoms with Crippen molar-refractivity contribution in [1.29, 1.82) is 0 Å². The Labute approximate surface area is 133 Å². The van der Waals surface area contributed by atoms with E-state index in [0.717, 1.165) is 11.3 Å². The van der Waals surface area contributed by atoms with Gasteiger partial charge in [0.05, 0.1) is 0 Å². The summed E-state index contributed by atoms with van der Waals surface area (Å²) in [5, 5.41) is 25.4. The molecule has 120 valence electrons. The second-order valence-electron chi connectivity index (χ2n) is 5.40. The van der Waals surface area contributed by atoms with Gasteiger partial charge in [-0.05, 0) is 43.7 Å². The lowest BCUT2D eigenvalue weighted by molar-refractivity contribution is 0.117. The van der Waals surface area contributed by atoms with E-state index in [9.17, 15) is 5.11 Å². The molecule has 0 saturated carbocycles.